The van der Waals surface area contributed by atoms with Crippen LogP contribution in [0.4, 0.5) is 35.1 Å². The molecule has 11 heteroatoms. The molecule has 0 unspecified atom stereocenters. The lowest BCUT2D eigenvalue weighted by molar-refractivity contribution is -0.342. The van der Waals surface area contributed by atoms with E-state index in [9.17, 15) is 39.9 Å². The van der Waals surface area contributed by atoms with Gasteiger partial charge in [0.2, 0.25) is 0 Å². The molecular weight excluding hydrogens is 340 g/mol. The zero-order chi connectivity index (χ0) is 18.7. The van der Waals surface area contributed by atoms with Gasteiger partial charge in [0.25, 0.3) is 0 Å². The second-order valence-electron chi connectivity index (χ2n) is 4.89. The van der Waals surface area contributed by atoms with Crippen molar-refractivity contribution in [2.45, 2.75) is 50.4 Å². The van der Waals surface area contributed by atoms with Gasteiger partial charge in [0.1, 0.15) is 11.2 Å². The third-order valence-electron chi connectivity index (χ3n) is 3.01. The Bertz CT molecular complexity index is 518. The lowest BCUT2D eigenvalue weighted by Gasteiger charge is -2.34. The summed E-state index contributed by atoms with van der Waals surface area (Å²) in [6.07, 6.45) is -9.07. The molecule has 0 atom stereocenters. The number of alkyl halides is 8. The number of hydrogen-bond acceptors (Lipinski definition) is 3. The molecule has 0 fully saturated rings. The molecule has 0 aromatic heterocycles. The third-order valence-corrected chi connectivity index (χ3v) is 3.01. The van der Waals surface area contributed by atoms with E-state index in [4.69, 9.17) is 10.5 Å². The van der Waals surface area contributed by atoms with Gasteiger partial charge in [0.15, 0.2) is 0 Å². The number of carbonyl (C=O) groups excluding carboxylic acids is 1. The Hall–Kier alpha value is -1.91. The summed E-state index contributed by atoms with van der Waals surface area (Å²) < 4.78 is 103. The van der Waals surface area contributed by atoms with Gasteiger partial charge in [-0.05, 0) is 13.3 Å². The highest BCUT2D eigenvalue weighted by molar-refractivity contribution is 5.75. The van der Waals surface area contributed by atoms with Crippen molar-refractivity contribution < 1.29 is 39.9 Å². The van der Waals surface area contributed by atoms with Crippen molar-refractivity contribution in [1.82, 2.24) is 0 Å². The Kier molecular flexibility index (Phi) is 6.13. The van der Waals surface area contributed by atoms with Crippen molar-refractivity contribution >= 4 is 5.78 Å². The topological polar surface area (TPSA) is 64.7 Å². The van der Waals surface area contributed by atoms with Crippen molar-refractivity contribution in [3.63, 3.8) is 0 Å². The molecule has 3 nitrogen and oxygen atoms in total. The van der Waals surface area contributed by atoms with Gasteiger partial charge in [0, 0.05) is 12.8 Å². The van der Waals surface area contributed by atoms with Crippen molar-refractivity contribution in [3.05, 3.63) is 0 Å². The SMILES string of the molecule is CC(=O)CCC(C#N)(C#N)CC(F)(F)C(F)(F)C(F)(F)C(F)F. The summed E-state index contributed by atoms with van der Waals surface area (Å²) >= 11 is 0. The van der Waals surface area contributed by atoms with E-state index < -0.39 is 54.7 Å². The molecular formula is C12H10F8N2O. The van der Waals surface area contributed by atoms with Crippen LogP contribution in [0.1, 0.15) is 26.2 Å². The average molecular weight is 350 g/mol. The van der Waals surface area contributed by atoms with E-state index in [1.807, 2.05) is 0 Å². The van der Waals surface area contributed by atoms with Crippen LogP contribution in [0.2, 0.25) is 0 Å². The van der Waals surface area contributed by atoms with Crippen molar-refractivity contribution in [3.8, 4) is 12.1 Å². The second kappa shape index (κ2) is 6.69. The van der Waals surface area contributed by atoms with Gasteiger partial charge in [-0.15, -0.1) is 0 Å². The molecule has 0 spiro atoms. The highest BCUT2D eigenvalue weighted by atomic mass is 19.4. The predicted octanol–water partition coefficient (Wildman–Crippen LogP) is 3.95. The van der Waals surface area contributed by atoms with Gasteiger partial charge < -0.3 is 4.79 Å². The molecule has 0 saturated heterocycles. The molecule has 0 aliphatic heterocycles. The number of nitrogens with zero attached hydrogens (tertiary/aromatic N) is 2. The Balaban J connectivity index is 5.70. The molecule has 0 N–H and O–H groups in total. The molecule has 0 heterocycles. The molecule has 0 rings (SSSR count). The van der Waals surface area contributed by atoms with E-state index in [2.05, 4.69) is 0 Å². The normalized spacial score (nSPS) is 13.6. The highest BCUT2D eigenvalue weighted by Gasteiger charge is 2.76. The number of nitriles is 2. The maximum atomic E-state index is 13.5. The van der Waals surface area contributed by atoms with E-state index in [1.54, 1.807) is 0 Å². The number of hydrogen-bond donors (Lipinski definition) is 0. The summed E-state index contributed by atoms with van der Waals surface area (Å²) in [5, 5.41) is 17.5. The van der Waals surface area contributed by atoms with E-state index in [1.165, 1.54) is 0 Å². The average Bonchev–Trinajstić information content (AvgIpc) is 2.42. The smallest absolute Gasteiger partial charge is 0.300 e. The zero-order valence-electron chi connectivity index (χ0n) is 11.5. The summed E-state index contributed by atoms with van der Waals surface area (Å²) in [4.78, 5) is 10.8. The molecule has 0 bridgehead atoms. The van der Waals surface area contributed by atoms with Crippen LogP contribution in [-0.4, -0.2) is 30.0 Å². The first-order chi connectivity index (χ1) is 10.2. The van der Waals surface area contributed by atoms with Crippen LogP contribution in [0, 0.1) is 28.1 Å². The first-order valence-electron chi connectivity index (χ1n) is 5.92. The first kappa shape index (κ1) is 21.1. The second-order valence-corrected chi connectivity index (χ2v) is 4.89. The fraction of sp³-hybridized carbons (Fsp3) is 0.750. The monoisotopic (exact) mass is 350 g/mol. The van der Waals surface area contributed by atoms with Crippen LogP contribution in [-0.2, 0) is 4.79 Å². The largest absolute Gasteiger partial charge is 0.377 e. The number of Topliss-reactive ketones (excluding diaryl/α,β-unsaturated/α-hetero) is 1. The van der Waals surface area contributed by atoms with E-state index >= 15 is 0 Å². The Morgan fingerprint density at radius 1 is 1.04 bits per heavy atom. The van der Waals surface area contributed by atoms with Crippen LogP contribution < -0.4 is 0 Å². The fourth-order valence-corrected chi connectivity index (χ4v) is 1.56. The molecule has 0 aliphatic carbocycles. The minimum Gasteiger partial charge on any atom is -0.300 e. The van der Waals surface area contributed by atoms with E-state index in [0.717, 1.165) is 19.1 Å². The quantitative estimate of drug-likeness (QED) is 0.623. The minimum absolute atomic E-state index is 0.631. The number of halogens is 8. The zero-order valence-corrected chi connectivity index (χ0v) is 11.5. The Morgan fingerprint density at radius 3 is 1.78 bits per heavy atom. The predicted molar refractivity (Wildman–Crippen MR) is 59.0 cm³/mol. The molecule has 0 saturated carbocycles. The maximum absolute atomic E-state index is 13.5. The molecule has 23 heavy (non-hydrogen) atoms. The maximum Gasteiger partial charge on any atom is 0.377 e. The number of ketones is 1. The molecule has 130 valence electrons. The van der Waals surface area contributed by atoms with Gasteiger partial charge in [-0.2, -0.15) is 36.9 Å². The molecule has 0 aromatic rings. The van der Waals surface area contributed by atoms with E-state index in [0.29, 0.717) is 0 Å². The summed E-state index contributed by atoms with van der Waals surface area (Å²) in [5.41, 5.74) is -2.91. The number of carbonyl (C=O) groups is 1. The van der Waals surface area contributed by atoms with Crippen LogP contribution in [0.25, 0.3) is 0 Å². The summed E-state index contributed by atoms with van der Waals surface area (Å²) in [6.45, 7) is 0.956. The van der Waals surface area contributed by atoms with Crippen molar-refractivity contribution in [2.75, 3.05) is 0 Å². The van der Waals surface area contributed by atoms with E-state index in [-0.39, 0.29) is 0 Å². The summed E-state index contributed by atoms with van der Waals surface area (Å²) in [6, 6.07) is 1.94. The van der Waals surface area contributed by atoms with Crippen LogP contribution in [0.15, 0.2) is 0 Å². The first-order valence-corrected chi connectivity index (χ1v) is 5.92. The minimum atomic E-state index is -6.50. The lowest BCUT2D eigenvalue weighted by atomic mass is 9.78. The van der Waals surface area contributed by atoms with Crippen LogP contribution in [0.5, 0.6) is 0 Å². The molecule has 0 radical (unpaired) electrons. The third kappa shape index (κ3) is 4.09. The Labute approximate surface area is 125 Å². The van der Waals surface area contributed by atoms with Gasteiger partial charge in [-0.25, -0.2) is 8.78 Å². The Morgan fingerprint density at radius 2 is 1.48 bits per heavy atom. The fourth-order valence-electron chi connectivity index (χ4n) is 1.56. The summed E-state index contributed by atoms with van der Waals surface area (Å²) in [7, 11) is 0. The lowest BCUT2D eigenvalue weighted by Crippen LogP contribution is -2.58. The molecule has 0 aromatic carbocycles. The number of rotatable bonds is 8. The van der Waals surface area contributed by atoms with Gasteiger partial charge in [0.05, 0.1) is 12.1 Å². The van der Waals surface area contributed by atoms with Crippen molar-refractivity contribution in [2.24, 2.45) is 5.41 Å². The van der Waals surface area contributed by atoms with Gasteiger partial charge in [-0.1, -0.05) is 0 Å². The van der Waals surface area contributed by atoms with Gasteiger partial charge >= 0.3 is 24.2 Å². The highest BCUT2D eigenvalue weighted by Crippen LogP contribution is 2.52. The standard InChI is InChI=1S/C12H10F8N2O/c1-7(23)2-3-9(5-21,6-22)4-10(15,16)12(19,20)11(17,18)8(13)14/h8H,2-4H2,1H3. The molecule has 0 amide bonds. The molecule has 0 aliphatic rings. The van der Waals surface area contributed by atoms with Crippen LogP contribution >= 0.6 is 0 Å². The van der Waals surface area contributed by atoms with Crippen molar-refractivity contribution in [1.29, 1.82) is 10.5 Å². The summed E-state index contributed by atoms with van der Waals surface area (Å²) in [5.74, 6) is -19.3. The van der Waals surface area contributed by atoms with Gasteiger partial charge in [-0.3, -0.25) is 0 Å². The van der Waals surface area contributed by atoms with Crippen LogP contribution in [0.3, 0.4) is 0 Å².